The van der Waals surface area contributed by atoms with Gasteiger partial charge in [0, 0.05) is 0 Å². The van der Waals surface area contributed by atoms with Gasteiger partial charge in [0.1, 0.15) is 10.3 Å². The molecule has 11 heavy (non-hydrogen) atoms. The van der Waals surface area contributed by atoms with Crippen LogP contribution in [0.1, 0.15) is 27.7 Å². The zero-order chi connectivity index (χ0) is 8.15. The van der Waals surface area contributed by atoms with Crippen LogP contribution in [-0.4, -0.2) is 17.9 Å². The minimum Gasteiger partial charge on any atom is -0.0324 e. The monoisotopic (exact) mass is 161 g/mol. The minimum atomic E-state index is -0.657. The molecule has 1 saturated heterocycles. The Kier molecular flexibility index (Phi) is 3.29. The maximum atomic E-state index is 6.09. The summed E-state index contributed by atoms with van der Waals surface area (Å²) < 4.78 is 0. The molecule has 0 amide bonds. The normalized spacial score (nSPS) is 38.5. The van der Waals surface area contributed by atoms with Gasteiger partial charge in [0.2, 0.25) is 0 Å². The molecule has 1 aliphatic heterocycles. The Balaban J connectivity index is 0.000001000. The fourth-order valence-corrected chi connectivity index (χ4v) is 4.94. The second-order valence-electron chi connectivity index (χ2n) is 4.41. The second-order valence-corrected chi connectivity index (χ2v) is 7.81. The SMILES string of the molecule is [B][PH+]1C(C)(C)C([CH2+])C1(C)C.[Li+]. The van der Waals surface area contributed by atoms with Crippen molar-refractivity contribution in [1.29, 1.82) is 0 Å². The van der Waals surface area contributed by atoms with Crippen molar-refractivity contribution in [3.8, 4) is 0 Å². The molecule has 54 valence electrons. The Morgan fingerprint density at radius 1 is 1.18 bits per heavy atom. The third-order valence-electron chi connectivity index (χ3n) is 3.13. The van der Waals surface area contributed by atoms with E-state index in [1.54, 1.807) is 0 Å². The summed E-state index contributed by atoms with van der Waals surface area (Å²) in [5, 5.41) is 0.683. The fourth-order valence-electron chi connectivity index (χ4n) is 2.03. The molecule has 2 radical (unpaired) electrons. The van der Waals surface area contributed by atoms with Gasteiger partial charge >= 0.3 is 26.4 Å². The zero-order valence-corrected chi connectivity index (χ0v) is 9.36. The van der Waals surface area contributed by atoms with Crippen LogP contribution in [0, 0.1) is 12.8 Å². The molecule has 0 aliphatic carbocycles. The van der Waals surface area contributed by atoms with Crippen LogP contribution in [0.15, 0.2) is 0 Å². The van der Waals surface area contributed by atoms with E-state index in [-0.39, 0.29) is 18.9 Å². The van der Waals surface area contributed by atoms with Gasteiger partial charge in [-0.1, -0.05) is 0 Å². The maximum Gasteiger partial charge on any atom is 1.00 e. The average molecular weight is 161 g/mol. The molecule has 0 aromatic carbocycles. The molecule has 1 heterocycles. The number of hydrogen-bond donors (Lipinski definition) is 0. The van der Waals surface area contributed by atoms with Crippen molar-refractivity contribution in [2.45, 2.75) is 38.0 Å². The molecule has 0 saturated carbocycles. The first-order valence-corrected chi connectivity index (χ1v) is 5.35. The van der Waals surface area contributed by atoms with E-state index in [4.69, 9.17) is 7.57 Å². The van der Waals surface area contributed by atoms with Crippen LogP contribution in [0.25, 0.3) is 0 Å². The Morgan fingerprint density at radius 2 is 1.45 bits per heavy atom. The van der Waals surface area contributed by atoms with Gasteiger partial charge in [-0.2, -0.15) is 0 Å². The largest absolute Gasteiger partial charge is 1.00 e. The molecule has 3 heteroatoms. The van der Waals surface area contributed by atoms with Gasteiger partial charge in [-0.3, -0.25) is 0 Å². The van der Waals surface area contributed by atoms with Crippen molar-refractivity contribution in [2.75, 3.05) is 0 Å². The van der Waals surface area contributed by atoms with Gasteiger partial charge in [-0.15, -0.1) is 0 Å². The van der Waals surface area contributed by atoms with Crippen molar-refractivity contribution in [3.05, 3.63) is 6.92 Å². The first-order valence-electron chi connectivity index (χ1n) is 3.77. The summed E-state index contributed by atoms with van der Waals surface area (Å²) in [7, 11) is 5.43. The predicted molar refractivity (Wildman–Crippen MR) is 51.1 cm³/mol. The molecular formula is C8H16BLiP+3. The number of rotatable bonds is 0. The quantitative estimate of drug-likeness (QED) is 0.250. The fraction of sp³-hybridized carbons (Fsp3) is 0.875. The van der Waals surface area contributed by atoms with Crippen LogP contribution >= 0.6 is 7.80 Å². The van der Waals surface area contributed by atoms with Gasteiger partial charge in [-0.25, -0.2) is 0 Å². The van der Waals surface area contributed by atoms with E-state index < -0.39 is 7.80 Å². The molecule has 0 atom stereocenters. The molecule has 0 spiro atoms. The van der Waals surface area contributed by atoms with E-state index in [1.807, 2.05) is 0 Å². The number of hydrogen-bond acceptors (Lipinski definition) is 0. The van der Waals surface area contributed by atoms with Gasteiger partial charge < -0.3 is 0 Å². The summed E-state index contributed by atoms with van der Waals surface area (Å²) in [5.74, 6) is 0.541. The van der Waals surface area contributed by atoms with Crippen LogP contribution in [0.4, 0.5) is 0 Å². The van der Waals surface area contributed by atoms with Gasteiger partial charge in [0.25, 0.3) is 0 Å². The Labute approximate surface area is 85.2 Å². The molecule has 0 nitrogen and oxygen atoms in total. The summed E-state index contributed by atoms with van der Waals surface area (Å²) in [5.41, 5.74) is 0. The Bertz CT molecular complexity index is 126. The van der Waals surface area contributed by atoms with E-state index in [1.165, 1.54) is 0 Å². The second kappa shape index (κ2) is 3.03. The van der Waals surface area contributed by atoms with Gasteiger partial charge in [-0.05, 0) is 35.5 Å². The van der Waals surface area contributed by atoms with Crippen molar-refractivity contribution >= 4 is 15.4 Å². The van der Waals surface area contributed by atoms with E-state index in [2.05, 4.69) is 34.6 Å². The van der Waals surface area contributed by atoms with E-state index in [9.17, 15) is 0 Å². The topological polar surface area (TPSA) is 0 Å². The van der Waals surface area contributed by atoms with E-state index in [0.29, 0.717) is 16.2 Å². The Morgan fingerprint density at radius 3 is 1.55 bits per heavy atom. The predicted octanol–water partition coefficient (Wildman–Crippen LogP) is -0.691. The van der Waals surface area contributed by atoms with E-state index >= 15 is 0 Å². The Hall–Kier alpha value is 0.962. The van der Waals surface area contributed by atoms with Crippen molar-refractivity contribution < 1.29 is 18.9 Å². The van der Waals surface area contributed by atoms with Crippen LogP contribution in [0.2, 0.25) is 0 Å². The summed E-state index contributed by atoms with van der Waals surface area (Å²) in [6, 6.07) is 0. The van der Waals surface area contributed by atoms with Crippen LogP contribution in [0.3, 0.4) is 0 Å². The molecular weight excluding hydrogens is 145 g/mol. The zero-order valence-electron chi connectivity index (χ0n) is 8.36. The van der Waals surface area contributed by atoms with Crippen molar-refractivity contribution in [2.24, 2.45) is 5.92 Å². The van der Waals surface area contributed by atoms with E-state index in [0.717, 1.165) is 0 Å². The molecule has 1 fully saturated rings. The van der Waals surface area contributed by atoms with Crippen molar-refractivity contribution in [3.63, 3.8) is 0 Å². The smallest absolute Gasteiger partial charge is 0.0324 e. The molecule has 1 aliphatic rings. The van der Waals surface area contributed by atoms with Gasteiger partial charge in [0.05, 0.1) is 6.92 Å². The molecule has 0 N–H and O–H groups in total. The first-order chi connectivity index (χ1) is 4.31. The molecule has 0 bridgehead atoms. The summed E-state index contributed by atoms with van der Waals surface area (Å²) >= 11 is 0. The summed E-state index contributed by atoms with van der Waals surface area (Å²) in [6.45, 7) is 13.1. The first kappa shape index (κ1) is 12.0. The molecule has 0 aromatic rings. The molecule has 1 rings (SSSR count). The van der Waals surface area contributed by atoms with Crippen molar-refractivity contribution in [1.82, 2.24) is 0 Å². The van der Waals surface area contributed by atoms with Crippen LogP contribution < -0.4 is 18.9 Å². The maximum absolute atomic E-state index is 6.09. The molecule has 0 unspecified atom stereocenters. The van der Waals surface area contributed by atoms with Crippen LogP contribution in [-0.2, 0) is 0 Å². The average Bonchev–Trinajstić information content (AvgIpc) is 1.84. The molecule has 0 aromatic heterocycles. The third-order valence-corrected chi connectivity index (χ3v) is 6.60. The summed E-state index contributed by atoms with van der Waals surface area (Å²) in [4.78, 5) is 0. The summed E-state index contributed by atoms with van der Waals surface area (Å²) in [6.07, 6.45) is 0. The van der Waals surface area contributed by atoms with Gasteiger partial charge in [0.15, 0.2) is 5.92 Å². The third kappa shape index (κ3) is 1.41. The standard InChI is InChI=1S/C8H16BP.Li/c1-6-7(2,3)10(9)8(6,4)5;/h6,10H,1H2,2-5H3;/q+2;+1. The van der Waals surface area contributed by atoms with Crippen LogP contribution in [0.5, 0.6) is 0 Å². The minimum absolute atomic E-state index is 0.